The molecule has 0 fully saturated rings. The van der Waals surface area contributed by atoms with Crippen LogP contribution in [0.3, 0.4) is 0 Å². The summed E-state index contributed by atoms with van der Waals surface area (Å²) in [4.78, 5) is 9.32. The smallest absolute Gasteiger partial charge is 0.111 e. The third-order valence-corrected chi connectivity index (χ3v) is 4.48. The molecule has 25 heavy (non-hydrogen) atoms. The molecule has 0 amide bonds. The maximum Gasteiger partial charge on any atom is 0.111 e. The standard InChI is InChI=1S/C19H15ClN4O/c1-12-23-16(10-22-25)18-11-21-19(13-5-3-2-4-6-13)15-9-14(20)7-8-17(15)24(12)18/h2-10,25H,11H2,1H3/b22-10-. The van der Waals surface area contributed by atoms with Gasteiger partial charge in [-0.25, -0.2) is 4.98 Å². The summed E-state index contributed by atoms with van der Waals surface area (Å²) in [6, 6.07) is 15.8. The first-order valence-electron chi connectivity index (χ1n) is 7.85. The number of aryl methyl sites for hydroxylation is 1. The van der Waals surface area contributed by atoms with Gasteiger partial charge in [-0.2, -0.15) is 0 Å². The molecule has 5 nitrogen and oxygen atoms in total. The zero-order valence-electron chi connectivity index (χ0n) is 13.5. The fraction of sp³-hybridized carbons (Fsp3) is 0.105. The molecule has 0 unspecified atom stereocenters. The SMILES string of the molecule is Cc1nc(/C=N\O)c2n1-c1ccc(Cl)cc1C(c1ccccc1)=NC2. The number of oxime groups is 1. The summed E-state index contributed by atoms with van der Waals surface area (Å²) in [7, 11) is 0. The minimum absolute atomic E-state index is 0.429. The Morgan fingerprint density at radius 1 is 1.20 bits per heavy atom. The lowest BCUT2D eigenvalue weighted by Gasteiger charge is -2.13. The molecular formula is C19H15ClN4O. The number of imidazole rings is 1. The summed E-state index contributed by atoms with van der Waals surface area (Å²) in [6.07, 6.45) is 1.34. The Morgan fingerprint density at radius 2 is 2.00 bits per heavy atom. The quantitative estimate of drug-likeness (QED) is 0.431. The second kappa shape index (κ2) is 6.18. The molecule has 0 saturated carbocycles. The van der Waals surface area contributed by atoms with Gasteiger partial charge in [0.2, 0.25) is 0 Å². The number of benzene rings is 2. The summed E-state index contributed by atoms with van der Waals surface area (Å²) < 4.78 is 2.04. The van der Waals surface area contributed by atoms with E-state index in [1.54, 1.807) is 0 Å². The average Bonchev–Trinajstić information content (AvgIpc) is 2.82. The van der Waals surface area contributed by atoms with E-state index in [4.69, 9.17) is 21.8 Å². The van der Waals surface area contributed by atoms with Gasteiger partial charge in [-0.3, -0.25) is 9.56 Å². The summed E-state index contributed by atoms with van der Waals surface area (Å²) >= 11 is 6.27. The summed E-state index contributed by atoms with van der Waals surface area (Å²) in [6.45, 7) is 2.35. The molecular weight excluding hydrogens is 336 g/mol. The van der Waals surface area contributed by atoms with E-state index in [9.17, 15) is 0 Å². The molecule has 2 heterocycles. The van der Waals surface area contributed by atoms with E-state index in [0.29, 0.717) is 17.3 Å². The van der Waals surface area contributed by atoms with E-state index < -0.39 is 0 Å². The van der Waals surface area contributed by atoms with Gasteiger partial charge >= 0.3 is 0 Å². The molecule has 0 atom stereocenters. The van der Waals surface area contributed by atoms with E-state index in [-0.39, 0.29) is 0 Å². The highest BCUT2D eigenvalue weighted by Gasteiger charge is 2.23. The van der Waals surface area contributed by atoms with Crippen molar-refractivity contribution in [2.24, 2.45) is 10.1 Å². The van der Waals surface area contributed by atoms with Crippen LogP contribution < -0.4 is 0 Å². The number of aromatic nitrogens is 2. The summed E-state index contributed by atoms with van der Waals surface area (Å²) in [5.41, 5.74) is 5.31. The Morgan fingerprint density at radius 3 is 2.76 bits per heavy atom. The van der Waals surface area contributed by atoms with Gasteiger partial charge in [-0.15, -0.1) is 0 Å². The maximum absolute atomic E-state index is 8.93. The van der Waals surface area contributed by atoms with Crippen molar-refractivity contribution in [2.75, 3.05) is 0 Å². The van der Waals surface area contributed by atoms with Crippen LogP contribution in [0.1, 0.15) is 28.3 Å². The van der Waals surface area contributed by atoms with Crippen LogP contribution in [0.5, 0.6) is 0 Å². The van der Waals surface area contributed by atoms with Gasteiger partial charge in [0.15, 0.2) is 0 Å². The van der Waals surface area contributed by atoms with Crippen molar-refractivity contribution in [1.82, 2.24) is 9.55 Å². The predicted molar refractivity (Wildman–Crippen MR) is 98.5 cm³/mol. The Bertz CT molecular complexity index is 1010. The normalized spacial score (nSPS) is 13.3. The lowest BCUT2D eigenvalue weighted by Crippen LogP contribution is -2.08. The van der Waals surface area contributed by atoms with Gasteiger partial charge < -0.3 is 5.21 Å². The Balaban J connectivity index is 2.02. The number of halogens is 1. The van der Waals surface area contributed by atoms with Crippen LogP contribution in [0.4, 0.5) is 0 Å². The van der Waals surface area contributed by atoms with Gasteiger partial charge in [0.05, 0.1) is 29.9 Å². The van der Waals surface area contributed by atoms with Crippen LogP contribution in [-0.4, -0.2) is 26.7 Å². The molecule has 3 aromatic rings. The van der Waals surface area contributed by atoms with Crippen LogP contribution in [0.25, 0.3) is 5.69 Å². The van der Waals surface area contributed by atoms with Gasteiger partial charge in [0.25, 0.3) is 0 Å². The number of nitrogens with zero attached hydrogens (tertiary/aromatic N) is 4. The molecule has 0 radical (unpaired) electrons. The molecule has 1 aromatic heterocycles. The number of fused-ring (bicyclic) bond motifs is 3. The molecule has 6 heteroatoms. The molecule has 124 valence electrons. The van der Waals surface area contributed by atoms with Crippen LogP contribution in [0.15, 0.2) is 58.7 Å². The third-order valence-electron chi connectivity index (χ3n) is 4.24. The number of hydrogen-bond donors (Lipinski definition) is 1. The van der Waals surface area contributed by atoms with Gasteiger partial charge in [0, 0.05) is 16.1 Å². The van der Waals surface area contributed by atoms with Crippen molar-refractivity contribution in [2.45, 2.75) is 13.5 Å². The van der Waals surface area contributed by atoms with Crippen LogP contribution in [0, 0.1) is 6.92 Å². The first-order valence-corrected chi connectivity index (χ1v) is 8.22. The van der Waals surface area contributed by atoms with Crippen molar-refractivity contribution in [3.05, 3.63) is 81.9 Å². The first-order chi connectivity index (χ1) is 12.2. The molecule has 1 aliphatic heterocycles. The van der Waals surface area contributed by atoms with Gasteiger partial charge in [-0.1, -0.05) is 47.1 Å². The molecule has 0 aliphatic carbocycles. The predicted octanol–water partition coefficient (Wildman–Crippen LogP) is 3.99. The first kappa shape index (κ1) is 15.6. The number of hydrogen-bond acceptors (Lipinski definition) is 4. The van der Waals surface area contributed by atoms with Crippen LogP contribution in [0.2, 0.25) is 5.02 Å². The zero-order valence-corrected chi connectivity index (χ0v) is 14.3. The van der Waals surface area contributed by atoms with Crippen LogP contribution >= 0.6 is 11.6 Å². The summed E-state index contributed by atoms with van der Waals surface area (Å²) in [5.74, 6) is 0.804. The van der Waals surface area contributed by atoms with E-state index in [1.165, 1.54) is 6.21 Å². The van der Waals surface area contributed by atoms with E-state index >= 15 is 0 Å². The lowest BCUT2D eigenvalue weighted by molar-refractivity contribution is 0.321. The van der Waals surface area contributed by atoms with Crippen molar-refractivity contribution in [3.8, 4) is 5.69 Å². The Kier molecular flexibility index (Phi) is 3.86. The molecule has 2 aromatic carbocycles. The van der Waals surface area contributed by atoms with E-state index in [2.05, 4.69) is 10.1 Å². The minimum Gasteiger partial charge on any atom is -0.411 e. The van der Waals surface area contributed by atoms with Crippen LogP contribution in [-0.2, 0) is 6.54 Å². The largest absolute Gasteiger partial charge is 0.411 e. The number of rotatable bonds is 2. The second-order valence-electron chi connectivity index (χ2n) is 5.76. The van der Waals surface area contributed by atoms with Crippen molar-refractivity contribution in [1.29, 1.82) is 0 Å². The molecule has 0 bridgehead atoms. The average molecular weight is 351 g/mol. The van der Waals surface area contributed by atoms with Gasteiger partial charge in [0.1, 0.15) is 11.5 Å². The van der Waals surface area contributed by atoms with Crippen molar-refractivity contribution >= 4 is 23.5 Å². The summed E-state index contributed by atoms with van der Waals surface area (Å²) in [5, 5.41) is 12.7. The second-order valence-corrected chi connectivity index (χ2v) is 6.20. The highest BCUT2D eigenvalue weighted by molar-refractivity contribution is 6.31. The highest BCUT2D eigenvalue weighted by atomic mass is 35.5. The molecule has 1 aliphatic rings. The fourth-order valence-corrected chi connectivity index (χ4v) is 3.38. The molecule has 0 saturated heterocycles. The molecule has 0 spiro atoms. The Labute approximate surface area is 149 Å². The molecule has 1 N–H and O–H groups in total. The minimum atomic E-state index is 0.429. The highest BCUT2D eigenvalue weighted by Crippen LogP contribution is 2.29. The van der Waals surface area contributed by atoms with E-state index in [0.717, 1.165) is 34.0 Å². The van der Waals surface area contributed by atoms with E-state index in [1.807, 2.05) is 60.0 Å². The fourth-order valence-electron chi connectivity index (χ4n) is 3.20. The van der Waals surface area contributed by atoms with Crippen molar-refractivity contribution in [3.63, 3.8) is 0 Å². The molecule has 4 rings (SSSR count). The monoisotopic (exact) mass is 350 g/mol. The Hall–Kier alpha value is -2.92. The third kappa shape index (κ3) is 2.62. The zero-order chi connectivity index (χ0) is 17.4. The topological polar surface area (TPSA) is 62.8 Å². The van der Waals surface area contributed by atoms with Crippen molar-refractivity contribution < 1.29 is 5.21 Å². The number of aliphatic imine (C=N–C) groups is 1. The lowest BCUT2D eigenvalue weighted by atomic mass is 10.0. The maximum atomic E-state index is 8.93. The van der Waals surface area contributed by atoms with Gasteiger partial charge in [-0.05, 0) is 25.1 Å².